The molecule has 1 aliphatic heterocycles. The Morgan fingerprint density at radius 1 is 0.938 bits per heavy atom. The molecule has 0 aromatic rings. The number of halogens is 1. The van der Waals surface area contributed by atoms with Gasteiger partial charge in [0, 0.05) is 5.92 Å². The fraction of sp³-hybridized carbons (Fsp3) is 0.500. The van der Waals surface area contributed by atoms with Gasteiger partial charge in [0.15, 0.2) is 0 Å². The third kappa shape index (κ3) is 0.740. The summed E-state index contributed by atoms with van der Waals surface area (Å²) in [7, 11) is 0. The highest BCUT2D eigenvalue weighted by molar-refractivity contribution is 6.06. The Kier molecular flexibility index (Phi) is 1.32. The second kappa shape index (κ2) is 2.44. The predicted molar refractivity (Wildman–Crippen MR) is 52.4 cm³/mol. The zero-order chi connectivity index (χ0) is 11.0. The van der Waals surface area contributed by atoms with Crippen LogP contribution in [0.15, 0.2) is 24.1 Å². The second-order valence-electron chi connectivity index (χ2n) is 5.10. The average Bonchev–Trinajstić information content (AvgIpc) is 2.54. The fourth-order valence-electron chi connectivity index (χ4n) is 3.90. The SMILES string of the molecule is O=C1NC(=O)[C@@H]2[C@H]3C=C[C@H]([C@H]4C=C(F)[C@@H]43)[C@@H]12. The van der Waals surface area contributed by atoms with E-state index in [0.717, 1.165) is 0 Å². The lowest BCUT2D eigenvalue weighted by Gasteiger charge is -2.52. The molecule has 0 radical (unpaired) electrons. The first-order valence-electron chi connectivity index (χ1n) is 5.59. The van der Waals surface area contributed by atoms with Crippen LogP contribution in [-0.4, -0.2) is 11.8 Å². The Labute approximate surface area is 91.4 Å². The van der Waals surface area contributed by atoms with E-state index in [9.17, 15) is 14.0 Å². The van der Waals surface area contributed by atoms with Gasteiger partial charge < -0.3 is 0 Å². The summed E-state index contributed by atoms with van der Waals surface area (Å²) in [6.07, 6.45) is 5.53. The zero-order valence-corrected chi connectivity index (χ0v) is 8.39. The monoisotopic (exact) mass is 219 g/mol. The van der Waals surface area contributed by atoms with Gasteiger partial charge in [-0.15, -0.1) is 0 Å². The standard InChI is InChI=1S/C12H10FNO2/c13-7-3-6-4-1-2-5(8(6)7)10-9(4)11(15)14-12(10)16/h1-6,8-10H,(H,14,15,16)/t4-,5+,6-,8-,9-,10-/m1/s1. The highest BCUT2D eigenvalue weighted by Crippen LogP contribution is 2.60. The van der Waals surface area contributed by atoms with Crippen LogP contribution in [0.3, 0.4) is 0 Å². The highest BCUT2D eigenvalue weighted by atomic mass is 19.1. The molecule has 2 amide bonds. The lowest BCUT2D eigenvalue weighted by molar-refractivity contribution is -0.128. The van der Waals surface area contributed by atoms with E-state index < -0.39 is 0 Å². The van der Waals surface area contributed by atoms with Gasteiger partial charge in [0.25, 0.3) is 0 Å². The van der Waals surface area contributed by atoms with Gasteiger partial charge in [-0.2, -0.15) is 0 Å². The van der Waals surface area contributed by atoms with Crippen LogP contribution >= 0.6 is 0 Å². The molecule has 4 heteroatoms. The van der Waals surface area contributed by atoms with Crippen molar-refractivity contribution in [2.75, 3.05) is 0 Å². The van der Waals surface area contributed by atoms with Crippen molar-refractivity contribution in [1.29, 1.82) is 0 Å². The van der Waals surface area contributed by atoms with Crippen molar-refractivity contribution >= 4 is 11.8 Å². The molecule has 5 rings (SSSR count). The van der Waals surface area contributed by atoms with Gasteiger partial charge in [-0.3, -0.25) is 14.9 Å². The fourth-order valence-corrected chi connectivity index (χ4v) is 3.90. The molecule has 1 saturated heterocycles. The van der Waals surface area contributed by atoms with E-state index in [1.807, 2.05) is 12.2 Å². The molecule has 0 unspecified atom stereocenters. The number of allylic oxidation sites excluding steroid dienone is 4. The molecule has 0 aromatic heterocycles. The maximum atomic E-state index is 13.4. The van der Waals surface area contributed by atoms with E-state index in [1.54, 1.807) is 6.08 Å². The topological polar surface area (TPSA) is 46.2 Å². The first-order chi connectivity index (χ1) is 7.68. The quantitative estimate of drug-likeness (QED) is 0.483. The third-order valence-electron chi connectivity index (χ3n) is 4.57. The molecule has 1 heterocycles. The van der Waals surface area contributed by atoms with E-state index in [2.05, 4.69) is 5.32 Å². The van der Waals surface area contributed by atoms with Gasteiger partial charge in [0.05, 0.1) is 11.8 Å². The molecular formula is C12H10FNO2. The van der Waals surface area contributed by atoms with Crippen molar-refractivity contribution in [1.82, 2.24) is 5.32 Å². The Morgan fingerprint density at radius 2 is 1.56 bits per heavy atom. The third-order valence-corrected chi connectivity index (χ3v) is 4.57. The Morgan fingerprint density at radius 3 is 2.25 bits per heavy atom. The van der Waals surface area contributed by atoms with E-state index in [4.69, 9.17) is 0 Å². The van der Waals surface area contributed by atoms with Crippen molar-refractivity contribution < 1.29 is 14.0 Å². The van der Waals surface area contributed by atoms with Crippen LogP contribution in [0.1, 0.15) is 0 Å². The molecule has 4 aliphatic carbocycles. The minimum absolute atomic E-state index is 0.0194. The van der Waals surface area contributed by atoms with Crippen LogP contribution in [0.5, 0.6) is 0 Å². The summed E-state index contributed by atoms with van der Waals surface area (Å²) < 4.78 is 13.4. The number of hydrogen-bond donors (Lipinski definition) is 1. The molecule has 1 N–H and O–H groups in total. The van der Waals surface area contributed by atoms with E-state index in [0.29, 0.717) is 0 Å². The van der Waals surface area contributed by atoms with Crippen LogP contribution in [0.2, 0.25) is 0 Å². The summed E-state index contributed by atoms with van der Waals surface area (Å²) in [5.74, 6) is -1.18. The minimum atomic E-state index is -0.330. The first kappa shape index (κ1) is 8.67. The van der Waals surface area contributed by atoms with Gasteiger partial charge >= 0.3 is 0 Å². The highest BCUT2D eigenvalue weighted by Gasteiger charge is 2.62. The molecule has 5 aliphatic rings. The molecule has 2 fully saturated rings. The largest absolute Gasteiger partial charge is 0.296 e. The molecule has 1 saturated carbocycles. The average molecular weight is 219 g/mol. The molecule has 3 nitrogen and oxygen atoms in total. The van der Waals surface area contributed by atoms with Crippen LogP contribution in [-0.2, 0) is 9.59 Å². The van der Waals surface area contributed by atoms with Gasteiger partial charge in [0.1, 0.15) is 5.83 Å². The van der Waals surface area contributed by atoms with Gasteiger partial charge in [-0.1, -0.05) is 12.2 Å². The van der Waals surface area contributed by atoms with Crippen molar-refractivity contribution in [3.8, 4) is 0 Å². The van der Waals surface area contributed by atoms with Crippen LogP contribution in [0, 0.1) is 35.5 Å². The number of carbonyl (C=O) groups is 2. The summed E-state index contributed by atoms with van der Waals surface area (Å²) in [4.78, 5) is 23.4. The van der Waals surface area contributed by atoms with E-state index in [-0.39, 0.29) is 53.1 Å². The molecular weight excluding hydrogens is 209 g/mol. The number of hydrogen-bond acceptors (Lipinski definition) is 2. The second-order valence-corrected chi connectivity index (χ2v) is 5.10. The predicted octanol–water partition coefficient (Wildman–Crippen LogP) is 0.790. The van der Waals surface area contributed by atoms with E-state index in [1.165, 1.54) is 0 Å². The zero-order valence-electron chi connectivity index (χ0n) is 8.39. The molecule has 6 atom stereocenters. The summed E-state index contributed by atoms with van der Waals surface area (Å²) in [5, 5.41) is 2.38. The van der Waals surface area contributed by atoms with Gasteiger partial charge in [-0.05, 0) is 23.8 Å². The number of amides is 2. The maximum Gasteiger partial charge on any atom is 0.231 e. The normalized spacial score (nSPS) is 51.7. The van der Waals surface area contributed by atoms with Crippen molar-refractivity contribution in [3.05, 3.63) is 24.1 Å². The summed E-state index contributed by atoms with van der Waals surface area (Å²) in [6.45, 7) is 0. The molecule has 2 bridgehead atoms. The van der Waals surface area contributed by atoms with E-state index >= 15 is 0 Å². The van der Waals surface area contributed by atoms with Crippen LogP contribution < -0.4 is 5.32 Å². The summed E-state index contributed by atoms with van der Waals surface area (Å²) in [5.41, 5.74) is 0. The number of nitrogens with one attached hydrogen (secondary N) is 1. The molecule has 0 aromatic carbocycles. The van der Waals surface area contributed by atoms with Crippen molar-refractivity contribution in [2.24, 2.45) is 35.5 Å². The smallest absolute Gasteiger partial charge is 0.231 e. The van der Waals surface area contributed by atoms with Gasteiger partial charge in [0.2, 0.25) is 11.8 Å². The maximum absolute atomic E-state index is 13.4. The summed E-state index contributed by atoms with van der Waals surface area (Å²) in [6, 6.07) is 0. The Balaban J connectivity index is 1.86. The van der Waals surface area contributed by atoms with Gasteiger partial charge in [-0.25, -0.2) is 4.39 Å². The lowest BCUT2D eigenvalue weighted by Crippen LogP contribution is -2.52. The van der Waals surface area contributed by atoms with Crippen LogP contribution in [0.25, 0.3) is 0 Å². The minimum Gasteiger partial charge on any atom is -0.296 e. The van der Waals surface area contributed by atoms with Crippen molar-refractivity contribution in [3.63, 3.8) is 0 Å². The molecule has 16 heavy (non-hydrogen) atoms. The Hall–Kier alpha value is -1.45. The van der Waals surface area contributed by atoms with Crippen LogP contribution in [0.4, 0.5) is 4.39 Å². The van der Waals surface area contributed by atoms with Crippen molar-refractivity contribution in [2.45, 2.75) is 0 Å². The molecule has 0 spiro atoms. The number of imide groups is 1. The first-order valence-corrected chi connectivity index (χ1v) is 5.59. The number of carbonyl (C=O) groups excluding carboxylic acids is 2. The lowest BCUT2D eigenvalue weighted by atomic mass is 9.50. The molecule has 82 valence electrons. The Bertz CT molecular complexity index is 481. The number of rotatable bonds is 0. The summed E-state index contributed by atoms with van der Waals surface area (Å²) >= 11 is 0.